The lowest BCUT2D eigenvalue weighted by atomic mass is 10.1. The van der Waals surface area contributed by atoms with E-state index in [0.29, 0.717) is 19.6 Å². The van der Waals surface area contributed by atoms with Crippen molar-refractivity contribution in [2.24, 2.45) is 5.73 Å². The van der Waals surface area contributed by atoms with E-state index in [1.54, 1.807) is 0 Å². The number of carbonyl (C=O) groups is 1. The summed E-state index contributed by atoms with van der Waals surface area (Å²) in [5.41, 5.74) is 9.55. The molecule has 0 aliphatic carbocycles. The van der Waals surface area contributed by atoms with E-state index >= 15 is 0 Å². The van der Waals surface area contributed by atoms with Crippen LogP contribution in [0.3, 0.4) is 0 Å². The highest BCUT2D eigenvalue weighted by Crippen LogP contribution is 2.19. The number of ether oxygens (including phenoxy) is 1. The Morgan fingerprint density at radius 1 is 1.18 bits per heavy atom. The monoisotopic (exact) mass is 298 g/mol. The van der Waals surface area contributed by atoms with Gasteiger partial charge < -0.3 is 15.8 Å². The molecule has 2 aromatic carbocycles. The molecule has 0 spiro atoms. The van der Waals surface area contributed by atoms with Gasteiger partial charge in [-0.1, -0.05) is 30.3 Å². The number of carbonyl (C=O) groups excluding carboxylic acids is 1. The fourth-order valence-corrected chi connectivity index (χ4v) is 2.15. The number of benzene rings is 2. The topological polar surface area (TPSA) is 64.3 Å². The molecular weight excluding hydrogens is 276 g/mol. The zero-order valence-corrected chi connectivity index (χ0v) is 13.1. The van der Waals surface area contributed by atoms with Crippen LogP contribution in [0.25, 0.3) is 0 Å². The Kier molecular flexibility index (Phi) is 5.55. The Morgan fingerprint density at radius 3 is 2.73 bits per heavy atom. The maximum absolute atomic E-state index is 12.0. The van der Waals surface area contributed by atoms with Gasteiger partial charge in [0.25, 0.3) is 0 Å². The molecule has 1 amide bonds. The van der Waals surface area contributed by atoms with E-state index in [4.69, 9.17) is 10.5 Å². The van der Waals surface area contributed by atoms with Crippen LogP contribution >= 0.6 is 0 Å². The quantitative estimate of drug-likeness (QED) is 0.861. The lowest BCUT2D eigenvalue weighted by molar-refractivity contribution is -0.116. The molecule has 2 aromatic rings. The third kappa shape index (κ3) is 4.33. The molecule has 0 aromatic heterocycles. The Hall–Kier alpha value is -2.33. The van der Waals surface area contributed by atoms with Crippen LogP contribution in [0.2, 0.25) is 0 Å². The Balaban J connectivity index is 1.87. The Bertz CT molecular complexity index is 653. The molecule has 4 nitrogen and oxygen atoms in total. The van der Waals surface area contributed by atoms with Crippen molar-refractivity contribution in [1.82, 2.24) is 0 Å². The molecular formula is C18H22N2O2. The summed E-state index contributed by atoms with van der Waals surface area (Å²) in [6, 6.07) is 13.6. The van der Waals surface area contributed by atoms with Crippen molar-refractivity contribution in [3.05, 3.63) is 59.2 Å². The molecule has 22 heavy (non-hydrogen) atoms. The van der Waals surface area contributed by atoms with Gasteiger partial charge in [0.05, 0.1) is 13.0 Å². The van der Waals surface area contributed by atoms with E-state index in [1.807, 2.05) is 56.3 Å². The number of aryl methyl sites for hydroxylation is 2. The molecule has 0 heterocycles. The van der Waals surface area contributed by atoms with E-state index in [-0.39, 0.29) is 5.91 Å². The molecule has 0 aliphatic rings. The molecule has 0 saturated heterocycles. The SMILES string of the molecule is Cc1ccc(C)c(OCCC(=O)Nc2ccccc2CN)c1. The first-order chi connectivity index (χ1) is 10.6. The van der Waals surface area contributed by atoms with Crippen LogP contribution in [-0.4, -0.2) is 12.5 Å². The summed E-state index contributed by atoms with van der Waals surface area (Å²) in [7, 11) is 0. The first-order valence-electron chi connectivity index (χ1n) is 7.38. The standard InChI is InChI=1S/C18H22N2O2/c1-13-7-8-14(2)17(11-13)22-10-9-18(21)20-16-6-4-3-5-15(16)12-19/h3-8,11H,9-10,12,19H2,1-2H3,(H,20,21). The lowest BCUT2D eigenvalue weighted by Gasteiger charge is -2.11. The van der Waals surface area contributed by atoms with Crippen LogP contribution in [0.1, 0.15) is 23.1 Å². The number of anilines is 1. The van der Waals surface area contributed by atoms with Crippen LogP contribution in [-0.2, 0) is 11.3 Å². The highest BCUT2D eigenvalue weighted by atomic mass is 16.5. The second-order valence-corrected chi connectivity index (χ2v) is 5.28. The summed E-state index contributed by atoms with van der Waals surface area (Å²) in [5.74, 6) is 0.751. The fourth-order valence-electron chi connectivity index (χ4n) is 2.15. The number of hydrogen-bond acceptors (Lipinski definition) is 3. The molecule has 4 heteroatoms. The van der Waals surface area contributed by atoms with Gasteiger partial charge in [-0.3, -0.25) is 4.79 Å². The molecule has 0 saturated carbocycles. The smallest absolute Gasteiger partial charge is 0.227 e. The predicted octanol–water partition coefficient (Wildman–Crippen LogP) is 3.17. The zero-order valence-electron chi connectivity index (χ0n) is 13.1. The Labute approximate surface area is 131 Å². The van der Waals surface area contributed by atoms with Gasteiger partial charge in [0.1, 0.15) is 5.75 Å². The average Bonchev–Trinajstić information content (AvgIpc) is 2.51. The van der Waals surface area contributed by atoms with Crippen LogP contribution in [0.5, 0.6) is 5.75 Å². The molecule has 2 rings (SSSR count). The van der Waals surface area contributed by atoms with E-state index < -0.39 is 0 Å². The second-order valence-electron chi connectivity index (χ2n) is 5.28. The first-order valence-corrected chi connectivity index (χ1v) is 7.38. The minimum atomic E-state index is -0.0776. The number of para-hydroxylation sites is 1. The van der Waals surface area contributed by atoms with E-state index in [0.717, 1.165) is 28.1 Å². The molecule has 0 radical (unpaired) electrons. The minimum Gasteiger partial charge on any atom is -0.493 e. The number of rotatable bonds is 6. The predicted molar refractivity (Wildman–Crippen MR) is 89.0 cm³/mol. The highest BCUT2D eigenvalue weighted by Gasteiger charge is 2.07. The summed E-state index contributed by atoms with van der Waals surface area (Å²) < 4.78 is 5.70. The van der Waals surface area contributed by atoms with Gasteiger partial charge in [-0.2, -0.15) is 0 Å². The van der Waals surface area contributed by atoms with Gasteiger partial charge in [0.2, 0.25) is 5.91 Å². The molecule has 116 valence electrons. The third-order valence-corrected chi connectivity index (χ3v) is 3.44. The maximum Gasteiger partial charge on any atom is 0.227 e. The summed E-state index contributed by atoms with van der Waals surface area (Å²) in [4.78, 5) is 12.0. The van der Waals surface area contributed by atoms with Gasteiger partial charge in [-0.15, -0.1) is 0 Å². The molecule has 0 bridgehead atoms. The summed E-state index contributed by atoms with van der Waals surface area (Å²) in [5, 5.41) is 2.87. The second kappa shape index (κ2) is 7.61. The van der Waals surface area contributed by atoms with Gasteiger partial charge in [-0.05, 0) is 42.7 Å². The van der Waals surface area contributed by atoms with Crippen molar-refractivity contribution in [2.45, 2.75) is 26.8 Å². The van der Waals surface area contributed by atoms with Crippen LogP contribution in [0, 0.1) is 13.8 Å². The highest BCUT2D eigenvalue weighted by molar-refractivity contribution is 5.91. The largest absolute Gasteiger partial charge is 0.493 e. The number of nitrogens with two attached hydrogens (primary N) is 1. The minimum absolute atomic E-state index is 0.0776. The molecule has 3 N–H and O–H groups in total. The van der Waals surface area contributed by atoms with Gasteiger partial charge >= 0.3 is 0 Å². The van der Waals surface area contributed by atoms with E-state index in [2.05, 4.69) is 5.32 Å². The molecule has 0 atom stereocenters. The van der Waals surface area contributed by atoms with Crippen LogP contribution < -0.4 is 15.8 Å². The van der Waals surface area contributed by atoms with Crippen molar-refractivity contribution in [3.8, 4) is 5.75 Å². The first kappa shape index (κ1) is 16.0. The average molecular weight is 298 g/mol. The molecule has 0 unspecified atom stereocenters. The number of amides is 1. The normalized spacial score (nSPS) is 10.3. The van der Waals surface area contributed by atoms with Gasteiger partial charge in [-0.25, -0.2) is 0 Å². The van der Waals surface area contributed by atoms with Crippen LogP contribution in [0.4, 0.5) is 5.69 Å². The molecule has 0 fully saturated rings. The number of hydrogen-bond donors (Lipinski definition) is 2. The summed E-state index contributed by atoms with van der Waals surface area (Å²) in [6.07, 6.45) is 0.298. The third-order valence-electron chi connectivity index (χ3n) is 3.44. The van der Waals surface area contributed by atoms with E-state index in [1.165, 1.54) is 0 Å². The Morgan fingerprint density at radius 2 is 1.95 bits per heavy atom. The lowest BCUT2D eigenvalue weighted by Crippen LogP contribution is -2.17. The van der Waals surface area contributed by atoms with Crippen molar-refractivity contribution in [1.29, 1.82) is 0 Å². The van der Waals surface area contributed by atoms with E-state index in [9.17, 15) is 4.79 Å². The van der Waals surface area contributed by atoms with Crippen LogP contribution in [0.15, 0.2) is 42.5 Å². The summed E-state index contributed by atoms with van der Waals surface area (Å²) >= 11 is 0. The van der Waals surface area contributed by atoms with Gasteiger partial charge in [0.15, 0.2) is 0 Å². The maximum atomic E-state index is 12.0. The fraction of sp³-hybridized carbons (Fsp3) is 0.278. The number of nitrogens with one attached hydrogen (secondary N) is 1. The summed E-state index contributed by atoms with van der Waals surface area (Å²) in [6.45, 7) is 4.76. The van der Waals surface area contributed by atoms with Crippen molar-refractivity contribution >= 4 is 11.6 Å². The molecule has 0 aliphatic heterocycles. The zero-order chi connectivity index (χ0) is 15.9. The van der Waals surface area contributed by atoms with Gasteiger partial charge in [0, 0.05) is 12.2 Å². The van der Waals surface area contributed by atoms with Crippen molar-refractivity contribution < 1.29 is 9.53 Å². The van der Waals surface area contributed by atoms with Crippen molar-refractivity contribution in [2.75, 3.05) is 11.9 Å². The van der Waals surface area contributed by atoms with Crippen molar-refractivity contribution in [3.63, 3.8) is 0 Å².